The number of ether oxygens (including phenoxy) is 1. The molecular formula is C16H12N6O2S. The maximum atomic E-state index is 12.6. The van der Waals surface area contributed by atoms with E-state index in [-0.39, 0.29) is 5.91 Å². The van der Waals surface area contributed by atoms with E-state index >= 15 is 0 Å². The second-order valence-electron chi connectivity index (χ2n) is 5.16. The summed E-state index contributed by atoms with van der Waals surface area (Å²) >= 11 is 1.54. The number of rotatable bonds is 4. The summed E-state index contributed by atoms with van der Waals surface area (Å²) in [5.41, 5.74) is 4.35. The second-order valence-corrected chi connectivity index (χ2v) is 6.05. The third-order valence-electron chi connectivity index (χ3n) is 3.59. The van der Waals surface area contributed by atoms with Crippen LogP contribution in [-0.2, 0) is 0 Å². The number of nitrogens with zero attached hydrogens (tertiary/aromatic N) is 5. The molecule has 0 unspecified atom stereocenters. The number of carbonyl (C=O) groups excluding carboxylic acids is 1. The molecule has 0 bridgehead atoms. The summed E-state index contributed by atoms with van der Waals surface area (Å²) in [5, 5.41) is 13.9. The van der Waals surface area contributed by atoms with Gasteiger partial charge in [-0.2, -0.15) is 0 Å². The van der Waals surface area contributed by atoms with Crippen molar-refractivity contribution in [1.82, 2.24) is 25.2 Å². The summed E-state index contributed by atoms with van der Waals surface area (Å²) < 4.78 is 7.81. The molecule has 1 N–H and O–H groups in total. The summed E-state index contributed by atoms with van der Waals surface area (Å²) in [4.78, 5) is 16.8. The lowest BCUT2D eigenvalue weighted by molar-refractivity contribution is 0.102. The summed E-state index contributed by atoms with van der Waals surface area (Å²) in [6.45, 7) is 0. The number of hydrogen-bond acceptors (Lipinski definition) is 7. The van der Waals surface area contributed by atoms with Crippen LogP contribution in [0.5, 0.6) is 5.75 Å². The van der Waals surface area contributed by atoms with Crippen LogP contribution in [0.1, 0.15) is 10.4 Å². The molecule has 4 rings (SSSR count). The van der Waals surface area contributed by atoms with Crippen LogP contribution in [0.3, 0.4) is 0 Å². The van der Waals surface area contributed by atoms with Crippen molar-refractivity contribution in [2.24, 2.45) is 0 Å². The summed E-state index contributed by atoms with van der Waals surface area (Å²) in [7, 11) is 1.56. The number of methoxy groups -OCH3 is 1. The standard InChI is InChI=1S/C16H12N6O2S/c1-24-13-6-11(5-12(7-13)22-8-18-20-21-22)19-16(23)10-2-3-15-14(4-10)17-9-25-15/h2-9H,1H3,(H,19,23). The van der Waals surface area contributed by atoms with Crippen LogP contribution in [-0.4, -0.2) is 38.2 Å². The highest BCUT2D eigenvalue weighted by Gasteiger charge is 2.11. The van der Waals surface area contributed by atoms with Gasteiger partial charge in [-0.25, -0.2) is 9.67 Å². The zero-order chi connectivity index (χ0) is 17.2. The van der Waals surface area contributed by atoms with Crippen molar-refractivity contribution in [1.29, 1.82) is 0 Å². The zero-order valence-corrected chi connectivity index (χ0v) is 13.9. The Labute approximate surface area is 146 Å². The molecule has 25 heavy (non-hydrogen) atoms. The van der Waals surface area contributed by atoms with E-state index < -0.39 is 0 Å². The topological polar surface area (TPSA) is 94.8 Å². The minimum atomic E-state index is -0.231. The molecule has 2 heterocycles. The Hall–Kier alpha value is -3.33. The summed E-state index contributed by atoms with van der Waals surface area (Å²) in [5.74, 6) is 0.351. The van der Waals surface area contributed by atoms with Crippen molar-refractivity contribution >= 4 is 33.1 Å². The van der Waals surface area contributed by atoms with Gasteiger partial charge in [0.05, 0.1) is 28.5 Å². The first-order chi connectivity index (χ1) is 12.2. The van der Waals surface area contributed by atoms with Gasteiger partial charge in [-0.3, -0.25) is 4.79 Å². The molecule has 124 valence electrons. The van der Waals surface area contributed by atoms with Crippen LogP contribution in [0.2, 0.25) is 0 Å². The number of thiazole rings is 1. The highest BCUT2D eigenvalue weighted by Crippen LogP contribution is 2.24. The molecule has 0 aliphatic heterocycles. The fourth-order valence-corrected chi connectivity index (χ4v) is 3.05. The molecule has 2 aromatic carbocycles. The number of anilines is 1. The van der Waals surface area contributed by atoms with Crippen LogP contribution < -0.4 is 10.1 Å². The molecule has 2 aromatic heterocycles. The molecule has 0 saturated heterocycles. The van der Waals surface area contributed by atoms with E-state index in [0.717, 1.165) is 10.2 Å². The third kappa shape index (κ3) is 3.04. The Morgan fingerprint density at radius 1 is 1.24 bits per heavy atom. The van der Waals surface area contributed by atoms with Crippen molar-refractivity contribution in [2.75, 3.05) is 12.4 Å². The van der Waals surface area contributed by atoms with E-state index in [1.165, 1.54) is 22.3 Å². The molecule has 0 fully saturated rings. The Balaban J connectivity index is 1.65. The minimum Gasteiger partial charge on any atom is -0.497 e. The lowest BCUT2D eigenvalue weighted by Crippen LogP contribution is -2.12. The molecular weight excluding hydrogens is 340 g/mol. The predicted octanol–water partition coefficient (Wildman–Crippen LogP) is 2.53. The molecule has 9 heteroatoms. The first-order valence-corrected chi connectivity index (χ1v) is 8.18. The Morgan fingerprint density at radius 2 is 2.16 bits per heavy atom. The normalized spacial score (nSPS) is 10.8. The molecule has 0 aliphatic carbocycles. The van der Waals surface area contributed by atoms with Crippen molar-refractivity contribution in [2.45, 2.75) is 0 Å². The molecule has 0 saturated carbocycles. The van der Waals surface area contributed by atoms with Gasteiger partial charge in [0.1, 0.15) is 12.1 Å². The van der Waals surface area contributed by atoms with Crippen molar-refractivity contribution in [3.63, 3.8) is 0 Å². The Kier molecular flexibility index (Phi) is 3.82. The number of amides is 1. The molecule has 0 radical (unpaired) electrons. The minimum absolute atomic E-state index is 0.231. The Bertz CT molecular complexity index is 1040. The van der Waals surface area contributed by atoms with Gasteiger partial charge in [0.25, 0.3) is 5.91 Å². The largest absolute Gasteiger partial charge is 0.497 e. The lowest BCUT2D eigenvalue weighted by atomic mass is 10.2. The number of tetrazole rings is 1. The molecule has 8 nitrogen and oxygen atoms in total. The van der Waals surface area contributed by atoms with E-state index in [4.69, 9.17) is 4.74 Å². The molecule has 0 spiro atoms. The van der Waals surface area contributed by atoms with E-state index in [0.29, 0.717) is 22.7 Å². The van der Waals surface area contributed by atoms with Crippen LogP contribution >= 0.6 is 11.3 Å². The van der Waals surface area contributed by atoms with Gasteiger partial charge < -0.3 is 10.1 Å². The molecule has 0 atom stereocenters. The average Bonchev–Trinajstić information content (AvgIpc) is 3.32. The number of fused-ring (bicyclic) bond motifs is 1. The van der Waals surface area contributed by atoms with E-state index in [9.17, 15) is 4.79 Å². The third-order valence-corrected chi connectivity index (χ3v) is 4.40. The fourth-order valence-electron chi connectivity index (χ4n) is 2.39. The maximum Gasteiger partial charge on any atom is 0.255 e. The lowest BCUT2D eigenvalue weighted by Gasteiger charge is -2.10. The van der Waals surface area contributed by atoms with Crippen LogP contribution in [0.15, 0.2) is 48.2 Å². The first kappa shape index (κ1) is 15.2. The van der Waals surface area contributed by atoms with Crippen molar-refractivity contribution in [3.05, 3.63) is 53.8 Å². The fraction of sp³-hybridized carbons (Fsp3) is 0.0625. The quantitative estimate of drug-likeness (QED) is 0.606. The van der Waals surface area contributed by atoms with Crippen LogP contribution in [0.4, 0.5) is 5.69 Å². The van der Waals surface area contributed by atoms with Gasteiger partial charge in [-0.1, -0.05) is 0 Å². The van der Waals surface area contributed by atoms with Gasteiger partial charge in [0.15, 0.2) is 0 Å². The predicted molar refractivity (Wildman–Crippen MR) is 93.3 cm³/mol. The summed E-state index contributed by atoms with van der Waals surface area (Å²) in [6, 6.07) is 10.7. The number of carbonyl (C=O) groups is 1. The van der Waals surface area contributed by atoms with Crippen LogP contribution in [0, 0.1) is 0 Å². The number of hydrogen-bond donors (Lipinski definition) is 1. The van der Waals surface area contributed by atoms with Crippen molar-refractivity contribution in [3.8, 4) is 11.4 Å². The second kappa shape index (κ2) is 6.29. The number of nitrogens with one attached hydrogen (secondary N) is 1. The highest BCUT2D eigenvalue weighted by atomic mass is 32.1. The highest BCUT2D eigenvalue weighted by molar-refractivity contribution is 7.16. The molecule has 1 amide bonds. The Morgan fingerprint density at radius 3 is 2.96 bits per heavy atom. The van der Waals surface area contributed by atoms with Gasteiger partial charge in [0.2, 0.25) is 0 Å². The summed E-state index contributed by atoms with van der Waals surface area (Å²) in [6.07, 6.45) is 1.47. The van der Waals surface area contributed by atoms with Gasteiger partial charge >= 0.3 is 0 Å². The smallest absolute Gasteiger partial charge is 0.255 e. The number of aromatic nitrogens is 5. The maximum absolute atomic E-state index is 12.6. The van der Waals surface area contributed by atoms with Crippen LogP contribution in [0.25, 0.3) is 15.9 Å². The average molecular weight is 352 g/mol. The monoisotopic (exact) mass is 352 g/mol. The zero-order valence-electron chi connectivity index (χ0n) is 13.1. The first-order valence-electron chi connectivity index (χ1n) is 7.30. The van der Waals surface area contributed by atoms with E-state index in [1.807, 2.05) is 6.07 Å². The SMILES string of the molecule is COc1cc(NC(=O)c2ccc3scnc3c2)cc(-n2cnnn2)c1. The molecule has 0 aliphatic rings. The van der Waals surface area contributed by atoms with E-state index in [1.54, 1.807) is 43.0 Å². The van der Waals surface area contributed by atoms with Gasteiger partial charge in [-0.15, -0.1) is 16.4 Å². The van der Waals surface area contributed by atoms with Crippen molar-refractivity contribution < 1.29 is 9.53 Å². The number of benzene rings is 2. The molecule has 4 aromatic rings. The van der Waals surface area contributed by atoms with Gasteiger partial charge in [0, 0.05) is 23.4 Å². The van der Waals surface area contributed by atoms with Gasteiger partial charge in [-0.05, 0) is 34.7 Å². The van der Waals surface area contributed by atoms with E-state index in [2.05, 4.69) is 25.8 Å².